The van der Waals surface area contributed by atoms with Crippen LogP contribution in [0.25, 0.3) is 5.76 Å². The van der Waals surface area contributed by atoms with Crippen molar-refractivity contribution in [3.05, 3.63) is 58.1 Å². The molecule has 1 aromatic carbocycles. The van der Waals surface area contributed by atoms with Crippen LogP contribution in [0.5, 0.6) is 5.75 Å². The molecule has 0 amide bonds. The van der Waals surface area contributed by atoms with Crippen molar-refractivity contribution in [2.45, 2.75) is 19.7 Å². The van der Waals surface area contributed by atoms with Crippen LogP contribution in [-0.4, -0.2) is 33.5 Å². The number of H-pyrrole nitrogens is 1. The molecule has 11 heteroatoms. The summed E-state index contributed by atoms with van der Waals surface area (Å²) in [5.41, 5.74) is 1.14. The number of hydrogen-bond donors (Lipinski definition) is 2. The smallest absolute Gasteiger partial charge is 0.457 e. The molecule has 2 N–H and O–H groups in total. The maximum atomic E-state index is 12.5. The molecule has 0 spiro atoms. The Bertz CT molecular complexity index is 1020. The van der Waals surface area contributed by atoms with Crippen molar-refractivity contribution in [1.29, 1.82) is 0 Å². The normalized spacial score (nSPS) is 20.9. The number of fused-ring (bicyclic) bond motifs is 1. The number of anilines is 1. The quantitative estimate of drug-likeness (QED) is 0.667. The van der Waals surface area contributed by atoms with E-state index in [-0.39, 0.29) is 15.6 Å². The van der Waals surface area contributed by atoms with E-state index in [0.29, 0.717) is 30.2 Å². The predicted octanol–water partition coefficient (Wildman–Crippen LogP) is 4.56. The third-order valence-electron chi connectivity index (χ3n) is 4.56. The molecule has 29 heavy (non-hydrogen) atoms. The van der Waals surface area contributed by atoms with Gasteiger partial charge in [0.05, 0.1) is 9.89 Å². The summed E-state index contributed by atoms with van der Waals surface area (Å²) in [5, 5.41) is 16.9. The number of hydrogen-bond acceptors (Lipinski definition) is 6. The van der Waals surface area contributed by atoms with Gasteiger partial charge in [-0.2, -0.15) is 5.21 Å². The van der Waals surface area contributed by atoms with Crippen LogP contribution in [0.15, 0.2) is 52.2 Å². The number of tetrazole rings is 1. The zero-order valence-corrected chi connectivity index (χ0v) is 16.6. The second-order valence-electron chi connectivity index (χ2n) is 6.80. The third-order valence-corrected chi connectivity index (χ3v) is 5.21. The average Bonchev–Trinajstić information content (AvgIpc) is 3.28. The van der Waals surface area contributed by atoms with Gasteiger partial charge in [0.2, 0.25) is 5.82 Å². The number of ether oxygens (including phenoxy) is 2. The van der Waals surface area contributed by atoms with Gasteiger partial charge in [0.1, 0.15) is 11.5 Å². The molecular formula is C18H15BrF3N5O2. The number of benzene rings is 1. The van der Waals surface area contributed by atoms with Crippen LogP contribution >= 0.6 is 15.9 Å². The number of halogens is 4. The van der Waals surface area contributed by atoms with Crippen molar-refractivity contribution in [2.24, 2.45) is 5.41 Å². The fourth-order valence-corrected chi connectivity index (χ4v) is 3.40. The van der Waals surface area contributed by atoms with Gasteiger partial charge in [-0.05, 0) is 64.3 Å². The van der Waals surface area contributed by atoms with Crippen LogP contribution in [0.1, 0.15) is 19.2 Å². The number of allylic oxidation sites excluding steroid dienone is 2. The summed E-state index contributed by atoms with van der Waals surface area (Å²) in [6.07, 6.45) is 1.87. The maximum absolute atomic E-state index is 12.5. The lowest BCUT2D eigenvalue weighted by molar-refractivity contribution is -0.274. The fraction of sp³-hybridized carbons (Fsp3) is 0.278. The summed E-state index contributed by atoms with van der Waals surface area (Å²) in [6.45, 7) is 2.45. The monoisotopic (exact) mass is 469 g/mol. The molecule has 1 aliphatic carbocycles. The molecule has 0 fully saturated rings. The molecule has 0 saturated carbocycles. The molecule has 2 aliphatic rings. The Hall–Kier alpha value is -2.82. The van der Waals surface area contributed by atoms with Crippen LogP contribution in [0.4, 0.5) is 18.9 Å². The number of rotatable bonds is 5. The Labute approximate surface area is 171 Å². The minimum atomic E-state index is -4.76. The lowest BCUT2D eigenvalue weighted by Gasteiger charge is -2.25. The van der Waals surface area contributed by atoms with E-state index in [1.165, 1.54) is 12.1 Å². The summed E-state index contributed by atoms with van der Waals surface area (Å²) in [5.74, 6) is 1.37. The topological polar surface area (TPSA) is 85.0 Å². The van der Waals surface area contributed by atoms with Crippen molar-refractivity contribution in [3.8, 4) is 5.75 Å². The van der Waals surface area contributed by atoms with Gasteiger partial charge in [0, 0.05) is 18.3 Å². The molecule has 1 aromatic heterocycles. The molecule has 7 nitrogen and oxygen atoms in total. The van der Waals surface area contributed by atoms with E-state index in [2.05, 4.69) is 52.7 Å². The number of aromatic nitrogens is 4. The van der Waals surface area contributed by atoms with Crippen molar-refractivity contribution < 1.29 is 22.6 Å². The van der Waals surface area contributed by atoms with Crippen LogP contribution in [-0.2, 0) is 4.74 Å². The molecule has 0 bridgehead atoms. The van der Waals surface area contributed by atoms with Gasteiger partial charge in [-0.15, -0.1) is 23.4 Å². The van der Waals surface area contributed by atoms with Gasteiger partial charge in [-0.1, -0.05) is 6.08 Å². The Morgan fingerprint density at radius 1 is 1.38 bits per heavy atom. The number of aromatic amines is 1. The first-order valence-electron chi connectivity index (χ1n) is 8.57. The van der Waals surface area contributed by atoms with Crippen molar-refractivity contribution >= 4 is 27.4 Å². The molecule has 0 saturated heterocycles. The highest BCUT2D eigenvalue weighted by atomic mass is 79.9. The Kier molecular flexibility index (Phi) is 4.85. The molecule has 1 aliphatic heterocycles. The van der Waals surface area contributed by atoms with Gasteiger partial charge in [-0.3, -0.25) is 0 Å². The van der Waals surface area contributed by atoms with Crippen molar-refractivity contribution in [1.82, 2.24) is 20.6 Å². The summed E-state index contributed by atoms with van der Waals surface area (Å²) in [6, 6.07) is 4.45. The molecule has 1 unspecified atom stereocenters. The summed E-state index contributed by atoms with van der Waals surface area (Å²) >= 11 is 3.06. The van der Waals surface area contributed by atoms with Crippen molar-refractivity contribution in [3.63, 3.8) is 0 Å². The molecule has 1 atom stereocenters. The SMILES string of the molecule is CC12C=C(c3nn[nH]n3)OC1=CC(CNc1ccc(Br)c(OC(F)(F)F)c1)=CC2. The van der Waals surface area contributed by atoms with Gasteiger partial charge < -0.3 is 14.8 Å². The summed E-state index contributed by atoms with van der Waals surface area (Å²) in [7, 11) is 0. The first-order valence-corrected chi connectivity index (χ1v) is 9.36. The second-order valence-corrected chi connectivity index (χ2v) is 7.66. The van der Waals surface area contributed by atoms with Gasteiger partial charge in [0.15, 0.2) is 5.76 Å². The van der Waals surface area contributed by atoms with Crippen LogP contribution in [0.3, 0.4) is 0 Å². The van der Waals surface area contributed by atoms with E-state index < -0.39 is 6.36 Å². The molecule has 2 heterocycles. The summed E-state index contributed by atoms with van der Waals surface area (Å²) < 4.78 is 47.7. The molecule has 0 radical (unpaired) electrons. The molecule has 2 aromatic rings. The van der Waals surface area contributed by atoms with Crippen LogP contribution in [0, 0.1) is 5.41 Å². The minimum absolute atomic E-state index is 0.217. The highest BCUT2D eigenvalue weighted by Gasteiger charge is 2.38. The Balaban J connectivity index is 1.44. The summed E-state index contributed by atoms with van der Waals surface area (Å²) in [4.78, 5) is 0. The second kappa shape index (κ2) is 7.21. The molecular weight excluding hydrogens is 455 g/mol. The zero-order valence-electron chi connectivity index (χ0n) is 15.0. The van der Waals surface area contributed by atoms with Crippen molar-refractivity contribution in [2.75, 3.05) is 11.9 Å². The van der Waals surface area contributed by atoms with E-state index in [4.69, 9.17) is 4.74 Å². The van der Waals surface area contributed by atoms with Crippen LogP contribution < -0.4 is 10.1 Å². The Morgan fingerprint density at radius 3 is 2.93 bits per heavy atom. The maximum Gasteiger partial charge on any atom is 0.573 e. The van der Waals surface area contributed by atoms with E-state index in [1.54, 1.807) is 6.07 Å². The fourth-order valence-electron chi connectivity index (χ4n) is 3.07. The van der Waals surface area contributed by atoms with Gasteiger partial charge in [-0.25, -0.2) is 0 Å². The predicted molar refractivity (Wildman–Crippen MR) is 101 cm³/mol. The Morgan fingerprint density at radius 2 is 2.21 bits per heavy atom. The van der Waals surface area contributed by atoms with E-state index in [1.807, 2.05) is 19.1 Å². The first kappa shape index (κ1) is 19.5. The standard InChI is InChI=1S/C18H15BrF3N5O2/c1-17-5-4-10(6-15(17)28-14(8-17)16-24-26-27-25-16)9-23-11-2-3-12(19)13(7-11)29-18(20,21)22/h2-4,6-8,23H,5,9H2,1H3,(H,24,25,26,27). The van der Waals surface area contributed by atoms with E-state index >= 15 is 0 Å². The van der Waals surface area contributed by atoms with E-state index in [0.717, 1.165) is 11.3 Å². The third kappa shape index (κ3) is 4.29. The van der Waals surface area contributed by atoms with Crippen LogP contribution in [0.2, 0.25) is 0 Å². The molecule has 152 valence electrons. The number of nitrogens with one attached hydrogen (secondary N) is 2. The lowest BCUT2D eigenvalue weighted by atomic mass is 9.80. The largest absolute Gasteiger partial charge is 0.573 e. The minimum Gasteiger partial charge on any atom is -0.457 e. The number of alkyl halides is 3. The highest BCUT2D eigenvalue weighted by Crippen LogP contribution is 2.46. The molecule has 4 rings (SSSR count). The highest BCUT2D eigenvalue weighted by molar-refractivity contribution is 9.10. The van der Waals surface area contributed by atoms with Gasteiger partial charge in [0.25, 0.3) is 0 Å². The van der Waals surface area contributed by atoms with E-state index in [9.17, 15) is 13.2 Å². The van der Waals surface area contributed by atoms with Gasteiger partial charge >= 0.3 is 6.36 Å². The lowest BCUT2D eigenvalue weighted by Crippen LogP contribution is -2.18. The first-order chi connectivity index (χ1) is 13.7. The average molecular weight is 470 g/mol. The number of nitrogens with zero attached hydrogens (tertiary/aromatic N) is 3. The zero-order chi connectivity index (χ0) is 20.6.